The first kappa shape index (κ1) is 24.5. The number of nitrogens with zero attached hydrogens (tertiary/aromatic N) is 1. The number of Topliss-reactive ketones (excluding diaryl/α,β-unsaturated/α-hetero) is 2. The van der Waals surface area contributed by atoms with Crippen LogP contribution in [0.25, 0.3) is 0 Å². The van der Waals surface area contributed by atoms with Gasteiger partial charge in [-0.05, 0) is 61.7 Å². The maximum atomic E-state index is 14.7. The molecule has 1 fully saturated rings. The van der Waals surface area contributed by atoms with E-state index in [0.717, 1.165) is 12.1 Å². The fourth-order valence-corrected chi connectivity index (χ4v) is 4.39. The van der Waals surface area contributed by atoms with Crippen molar-refractivity contribution >= 4 is 23.4 Å². The Bertz CT molecular complexity index is 1180. The minimum Gasteiger partial charge on any atom is -0.491 e. The van der Waals surface area contributed by atoms with E-state index in [2.05, 4.69) is 5.32 Å². The van der Waals surface area contributed by atoms with E-state index in [1.807, 2.05) is 13.8 Å². The number of carbonyl (C=O) groups excluding carboxylic acids is 4. The van der Waals surface area contributed by atoms with Crippen molar-refractivity contribution in [3.05, 3.63) is 64.7 Å². The second-order valence-electron chi connectivity index (χ2n) is 9.11. The van der Waals surface area contributed by atoms with Crippen LogP contribution < -0.4 is 10.1 Å². The van der Waals surface area contributed by atoms with Crippen molar-refractivity contribution in [3.63, 3.8) is 0 Å². The lowest BCUT2D eigenvalue weighted by molar-refractivity contribution is -0.147. The van der Waals surface area contributed by atoms with Crippen LogP contribution in [-0.4, -0.2) is 40.4 Å². The molecule has 1 atom stereocenters. The fraction of sp³-hybridized carbons (Fsp3) is 0.385. The number of fused-ring (bicyclic) bond motifs is 1. The molecule has 1 aliphatic heterocycles. The van der Waals surface area contributed by atoms with Gasteiger partial charge in [0, 0.05) is 30.6 Å². The molecule has 2 aromatic carbocycles. The highest BCUT2D eigenvalue weighted by molar-refractivity contribution is 6.07. The zero-order valence-corrected chi connectivity index (χ0v) is 19.5. The highest BCUT2D eigenvalue weighted by Crippen LogP contribution is 2.31. The topological polar surface area (TPSA) is 92.8 Å². The molecule has 7 nitrogen and oxygen atoms in total. The Balaban J connectivity index is 1.40. The molecule has 9 heteroatoms. The standard InChI is InChI=1S/C26H26F2N2O5/c1-15(2)35-20-7-4-18(5-8-20)26(27,28)25(34)29-13-16-3-9-21-17(11-16)14-30(24(21)33)22-10-6-19(31)12-23(22)32/h3-5,7-9,11,15,22H,6,10,12-14H2,1-2H3,(H,29,34). The number of hydrogen-bond acceptors (Lipinski definition) is 5. The smallest absolute Gasteiger partial charge is 0.349 e. The number of alkyl halides is 2. The van der Waals surface area contributed by atoms with E-state index >= 15 is 0 Å². The summed E-state index contributed by atoms with van der Waals surface area (Å²) in [6.07, 6.45) is 0.297. The maximum absolute atomic E-state index is 14.7. The molecule has 4 rings (SSSR count). The quantitative estimate of drug-likeness (QED) is 0.607. The van der Waals surface area contributed by atoms with Gasteiger partial charge in [0.05, 0.1) is 18.6 Å². The van der Waals surface area contributed by atoms with Gasteiger partial charge in [0.25, 0.3) is 11.8 Å². The molecule has 1 heterocycles. The Labute approximate surface area is 201 Å². The number of ether oxygens (including phenoxy) is 1. The molecule has 1 N–H and O–H groups in total. The SMILES string of the molecule is CC(C)Oc1ccc(C(F)(F)C(=O)NCc2ccc3c(c2)CN(C2CCC(=O)CC2=O)C3=O)cc1. The molecule has 0 bridgehead atoms. The summed E-state index contributed by atoms with van der Waals surface area (Å²) < 4.78 is 34.8. The first-order chi connectivity index (χ1) is 16.6. The molecule has 0 aromatic heterocycles. The Morgan fingerprint density at radius 2 is 1.86 bits per heavy atom. The third-order valence-electron chi connectivity index (χ3n) is 6.14. The monoisotopic (exact) mass is 484 g/mol. The first-order valence-electron chi connectivity index (χ1n) is 11.5. The van der Waals surface area contributed by atoms with Crippen molar-refractivity contribution in [2.24, 2.45) is 0 Å². The molecule has 35 heavy (non-hydrogen) atoms. The van der Waals surface area contributed by atoms with Gasteiger partial charge in [0.1, 0.15) is 11.5 Å². The highest BCUT2D eigenvalue weighted by atomic mass is 19.3. The van der Waals surface area contributed by atoms with Gasteiger partial charge < -0.3 is 15.0 Å². The van der Waals surface area contributed by atoms with E-state index in [1.165, 1.54) is 17.0 Å². The summed E-state index contributed by atoms with van der Waals surface area (Å²) in [5.41, 5.74) is 1.18. The van der Waals surface area contributed by atoms with Gasteiger partial charge in [-0.3, -0.25) is 19.2 Å². The third kappa shape index (κ3) is 5.08. The minimum absolute atomic E-state index is 0.105. The predicted octanol–water partition coefficient (Wildman–Crippen LogP) is 3.53. The van der Waals surface area contributed by atoms with Crippen molar-refractivity contribution < 1.29 is 32.7 Å². The number of halogens is 2. The van der Waals surface area contributed by atoms with Gasteiger partial charge in [0.15, 0.2) is 5.78 Å². The van der Waals surface area contributed by atoms with E-state index in [0.29, 0.717) is 28.9 Å². The summed E-state index contributed by atoms with van der Waals surface area (Å²) in [7, 11) is 0. The van der Waals surface area contributed by atoms with Crippen molar-refractivity contribution in [2.45, 2.75) is 64.3 Å². The molecular formula is C26H26F2N2O5. The summed E-state index contributed by atoms with van der Waals surface area (Å²) in [5, 5.41) is 2.26. The number of ketones is 2. The second kappa shape index (κ2) is 9.56. The Kier molecular flexibility index (Phi) is 6.69. The molecule has 2 amide bonds. The van der Waals surface area contributed by atoms with E-state index in [4.69, 9.17) is 4.74 Å². The zero-order valence-electron chi connectivity index (χ0n) is 19.5. The van der Waals surface area contributed by atoms with Crippen LogP contribution >= 0.6 is 0 Å². The van der Waals surface area contributed by atoms with Crippen LogP contribution in [0.5, 0.6) is 5.75 Å². The van der Waals surface area contributed by atoms with E-state index < -0.39 is 23.4 Å². The van der Waals surface area contributed by atoms with Crippen molar-refractivity contribution in [3.8, 4) is 5.75 Å². The van der Waals surface area contributed by atoms with Gasteiger partial charge in [-0.2, -0.15) is 8.78 Å². The summed E-state index contributed by atoms with van der Waals surface area (Å²) in [4.78, 5) is 50.3. The normalized spacial score (nSPS) is 18.1. The second-order valence-corrected chi connectivity index (χ2v) is 9.11. The van der Waals surface area contributed by atoms with Crippen LogP contribution in [0.4, 0.5) is 8.78 Å². The van der Waals surface area contributed by atoms with Crippen LogP contribution in [-0.2, 0) is 33.4 Å². The minimum atomic E-state index is -3.74. The Hall–Kier alpha value is -3.62. The average molecular weight is 484 g/mol. The summed E-state index contributed by atoms with van der Waals surface area (Å²) in [6, 6.07) is 9.31. The molecular weight excluding hydrogens is 458 g/mol. The largest absolute Gasteiger partial charge is 0.491 e. The molecule has 1 saturated carbocycles. The zero-order chi connectivity index (χ0) is 25.3. The number of nitrogens with one attached hydrogen (secondary N) is 1. The van der Waals surface area contributed by atoms with Gasteiger partial charge in [-0.25, -0.2) is 0 Å². The molecule has 2 aliphatic rings. The Morgan fingerprint density at radius 3 is 2.51 bits per heavy atom. The van der Waals surface area contributed by atoms with E-state index in [1.54, 1.807) is 18.2 Å². The molecule has 0 spiro atoms. The summed E-state index contributed by atoms with van der Waals surface area (Å²) >= 11 is 0. The number of amides is 2. The van der Waals surface area contributed by atoms with Gasteiger partial charge in [0.2, 0.25) is 0 Å². The molecule has 184 valence electrons. The molecule has 1 unspecified atom stereocenters. The number of carbonyl (C=O) groups is 4. The van der Waals surface area contributed by atoms with Crippen LogP contribution in [0.15, 0.2) is 42.5 Å². The lowest BCUT2D eigenvalue weighted by Crippen LogP contribution is -2.44. The lowest BCUT2D eigenvalue weighted by atomic mass is 9.92. The van der Waals surface area contributed by atoms with Crippen molar-refractivity contribution in [1.29, 1.82) is 0 Å². The van der Waals surface area contributed by atoms with Gasteiger partial charge in [-0.1, -0.05) is 12.1 Å². The van der Waals surface area contributed by atoms with Crippen LogP contribution in [0.2, 0.25) is 0 Å². The number of rotatable bonds is 7. The average Bonchev–Trinajstić information content (AvgIpc) is 3.13. The molecule has 0 radical (unpaired) electrons. The Morgan fingerprint density at radius 1 is 1.14 bits per heavy atom. The van der Waals surface area contributed by atoms with E-state index in [9.17, 15) is 28.0 Å². The van der Waals surface area contributed by atoms with Crippen LogP contribution in [0, 0.1) is 0 Å². The number of hydrogen-bond donors (Lipinski definition) is 1. The summed E-state index contributed by atoms with van der Waals surface area (Å²) in [6.45, 7) is 3.68. The maximum Gasteiger partial charge on any atom is 0.349 e. The summed E-state index contributed by atoms with van der Waals surface area (Å²) in [5.74, 6) is -5.42. The van der Waals surface area contributed by atoms with E-state index in [-0.39, 0.29) is 49.5 Å². The third-order valence-corrected chi connectivity index (χ3v) is 6.14. The molecule has 0 saturated heterocycles. The number of benzene rings is 2. The van der Waals surface area contributed by atoms with Gasteiger partial charge in [-0.15, -0.1) is 0 Å². The first-order valence-corrected chi connectivity index (χ1v) is 11.5. The van der Waals surface area contributed by atoms with Gasteiger partial charge >= 0.3 is 5.92 Å². The predicted molar refractivity (Wildman–Crippen MR) is 122 cm³/mol. The van der Waals surface area contributed by atoms with Crippen molar-refractivity contribution in [2.75, 3.05) is 0 Å². The van der Waals surface area contributed by atoms with Crippen molar-refractivity contribution in [1.82, 2.24) is 10.2 Å². The fourth-order valence-electron chi connectivity index (χ4n) is 4.39. The molecule has 1 aliphatic carbocycles. The molecule has 2 aromatic rings. The van der Waals surface area contributed by atoms with Crippen LogP contribution in [0.3, 0.4) is 0 Å². The lowest BCUT2D eigenvalue weighted by Gasteiger charge is -2.29. The van der Waals surface area contributed by atoms with Crippen LogP contribution in [0.1, 0.15) is 60.2 Å². The highest BCUT2D eigenvalue weighted by Gasteiger charge is 2.41.